The van der Waals surface area contributed by atoms with Gasteiger partial charge in [-0.15, -0.1) is 0 Å². The molecule has 1 aromatic heterocycles. The van der Waals surface area contributed by atoms with Crippen molar-refractivity contribution in [2.45, 2.75) is 0 Å². The van der Waals surface area contributed by atoms with Crippen LogP contribution in [0.15, 0.2) is 218 Å². The highest BCUT2D eigenvalue weighted by Crippen LogP contribution is 2.40. The minimum atomic E-state index is 0.609. The van der Waals surface area contributed by atoms with Crippen molar-refractivity contribution in [3.8, 4) is 102 Å². The van der Waals surface area contributed by atoms with Gasteiger partial charge in [-0.25, -0.2) is 9.97 Å². The molecule has 62 heavy (non-hydrogen) atoms. The lowest BCUT2D eigenvalue weighted by atomic mass is 9.92. The van der Waals surface area contributed by atoms with Crippen molar-refractivity contribution >= 4 is 10.9 Å². The lowest BCUT2D eigenvalue weighted by Crippen LogP contribution is -1.98. The van der Waals surface area contributed by atoms with Crippen molar-refractivity contribution in [3.63, 3.8) is 0 Å². The Morgan fingerprint density at radius 3 is 1.16 bits per heavy atom. The van der Waals surface area contributed by atoms with Gasteiger partial charge in [-0.3, -0.25) is 0 Å². The van der Waals surface area contributed by atoms with Crippen LogP contribution in [0.25, 0.3) is 100 Å². The molecule has 0 spiro atoms. The fourth-order valence-corrected chi connectivity index (χ4v) is 8.10. The Bertz CT molecular complexity index is 3310. The lowest BCUT2D eigenvalue weighted by molar-refractivity contribution is 1.23. The number of hydrogen-bond acceptors (Lipinski definition) is 4. The predicted octanol–water partition coefficient (Wildman–Crippen LogP) is 14.7. The third-order valence-corrected chi connectivity index (χ3v) is 11.4. The van der Waals surface area contributed by atoms with Crippen LogP contribution >= 0.6 is 0 Å². The molecule has 0 fully saturated rings. The van der Waals surface area contributed by atoms with Crippen LogP contribution in [-0.2, 0) is 0 Å². The molecular formula is C58H36N4. The zero-order valence-electron chi connectivity index (χ0n) is 33.6. The summed E-state index contributed by atoms with van der Waals surface area (Å²) in [6.07, 6.45) is 0. The fraction of sp³-hybridized carbons (Fsp3) is 0. The molecule has 0 N–H and O–H groups in total. The monoisotopic (exact) mass is 788 g/mol. The van der Waals surface area contributed by atoms with Gasteiger partial charge in [0.15, 0.2) is 5.82 Å². The molecule has 0 radical (unpaired) electrons. The van der Waals surface area contributed by atoms with Gasteiger partial charge in [-0.05, 0) is 97.6 Å². The van der Waals surface area contributed by atoms with Crippen LogP contribution in [0, 0.1) is 22.7 Å². The van der Waals surface area contributed by atoms with Crippen molar-refractivity contribution in [3.05, 3.63) is 230 Å². The molecule has 10 rings (SSSR count). The smallest absolute Gasteiger partial charge is 0.160 e. The van der Waals surface area contributed by atoms with Crippen molar-refractivity contribution < 1.29 is 0 Å². The Morgan fingerprint density at radius 1 is 0.290 bits per heavy atom. The Labute approximate surface area is 361 Å². The minimum absolute atomic E-state index is 0.609. The van der Waals surface area contributed by atoms with E-state index in [1.807, 2.05) is 60.7 Å². The normalized spacial score (nSPS) is 10.9. The van der Waals surface area contributed by atoms with E-state index in [2.05, 4.69) is 170 Å². The number of hydrogen-bond donors (Lipinski definition) is 0. The lowest BCUT2D eigenvalue weighted by Gasteiger charge is -2.16. The highest BCUT2D eigenvalue weighted by Gasteiger charge is 2.18. The molecule has 9 aromatic carbocycles. The second-order valence-corrected chi connectivity index (χ2v) is 15.2. The molecule has 4 heteroatoms. The molecule has 4 nitrogen and oxygen atoms in total. The molecular weight excluding hydrogens is 753 g/mol. The number of fused-ring (bicyclic) bond motifs is 1. The number of nitrogens with zero attached hydrogens (tertiary/aromatic N) is 4. The predicted molar refractivity (Wildman–Crippen MR) is 252 cm³/mol. The summed E-state index contributed by atoms with van der Waals surface area (Å²) >= 11 is 0. The molecule has 0 aliphatic heterocycles. The van der Waals surface area contributed by atoms with Gasteiger partial charge in [0.2, 0.25) is 0 Å². The maximum absolute atomic E-state index is 9.58. The van der Waals surface area contributed by atoms with Crippen LogP contribution in [0.4, 0.5) is 0 Å². The van der Waals surface area contributed by atoms with Crippen molar-refractivity contribution in [1.82, 2.24) is 9.97 Å². The highest BCUT2D eigenvalue weighted by molar-refractivity contribution is 6.04. The molecule has 0 aliphatic rings. The highest BCUT2D eigenvalue weighted by atomic mass is 14.9. The third kappa shape index (κ3) is 7.53. The van der Waals surface area contributed by atoms with Crippen LogP contribution in [0.3, 0.4) is 0 Å². The molecule has 0 aliphatic carbocycles. The number of benzene rings is 9. The van der Waals surface area contributed by atoms with E-state index in [4.69, 9.17) is 9.97 Å². The molecule has 1 heterocycles. The Kier molecular flexibility index (Phi) is 10.0. The standard InChI is InChI=1S/C58H36N4/c59-37-39-9-7-15-51(33-39)45-23-29-49(30-24-45)56-55-36-53(47-19-17-43(18-20-47)41-11-3-1-4-12-41)35-54(48-27-21-44(22-28-48)42-13-5-2-6-14-42)57(55)62-58(61-56)50-31-25-46(26-32-50)52-16-8-10-40(34-52)38-60/h1-36H. The van der Waals surface area contributed by atoms with E-state index in [0.29, 0.717) is 17.0 Å². The van der Waals surface area contributed by atoms with Gasteiger partial charge in [0.05, 0.1) is 34.5 Å². The quantitative estimate of drug-likeness (QED) is 0.154. The van der Waals surface area contributed by atoms with Gasteiger partial charge in [-0.1, -0.05) is 182 Å². The molecule has 288 valence electrons. The summed E-state index contributed by atoms with van der Waals surface area (Å²) in [5.74, 6) is 0.609. The van der Waals surface area contributed by atoms with Crippen molar-refractivity contribution in [1.29, 1.82) is 10.5 Å². The summed E-state index contributed by atoms with van der Waals surface area (Å²) < 4.78 is 0. The SMILES string of the molecule is N#Cc1cccc(-c2ccc(-c3nc(-c4ccc(-c5cccc(C#N)c5)cc4)c4cc(-c5ccc(-c6ccccc6)cc5)cc(-c5ccc(-c6ccccc6)cc5)c4n3)cc2)c1. The zero-order chi connectivity index (χ0) is 41.8. The second kappa shape index (κ2) is 16.5. The Balaban J connectivity index is 1.17. The Hall–Kier alpha value is -8.70. The van der Waals surface area contributed by atoms with Crippen LogP contribution in [0.2, 0.25) is 0 Å². The summed E-state index contributed by atoms with van der Waals surface area (Å²) in [7, 11) is 0. The number of aromatic nitrogens is 2. The van der Waals surface area contributed by atoms with E-state index < -0.39 is 0 Å². The van der Waals surface area contributed by atoms with Crippen LogP contribution in [0.5, 0.6) is 0 Å². The molecule has 0 amide bonds. The van der Waals surface area contributed by atoms with E-state index in [-0.39, 0.29) is 0 Å². The largest absolute Gasteiger partial charge is 0.227 e. The van der Waals surface area contributed by atoms with Crippen molar-refractivity contribution in [2.75, 3.05) is 0 Å². The maximum atomic E-state index is 9.58. The summed E-state index contributed by atoms with van der Waals surface area (Å²) in [5.41, 5.74) is 17.5. The summed E-state index contributed by atoms with van der Waals surface area (Å²) in [5, 5.41) is 20.0. The van der Waals surface area contributed by atoms with E-state index in [1.54, 1.807) is 0 Å². The molecule has 0 unspecified atom stereocenters. The Morgan fingerprint density at radius 2 is 0.677 bits per heavy atom. The first-order valence-electron chi connectivity index (χ1n) is 20.5. The first-order chi connectivity index (χ1) is 30.6. The van der Waals surface area contributed by atoms with E-state index in [1.165, 1.54) is 5.56 Å². The average molecular weight is 789 g/mol. The van der Waals surface area contributed by atoms with Gasteiger partial charge in [0.25, 0.3) is 0 Å². The van der Waals surface area contributed by atoms with Gasteiger partial charge in [0, 0.05) is 22.1 Å². The average Bonchev–Trinajstić information content (AvgIpc) is 3.36. The van der Waals surface area contributed by atoms with E-state index >= 15 is 0 Å². The van der Waals surface area contributed by atoms with Gasteiger partial charge < -0.3 is 0 Å². The first-order valence-corrected chi connectivity index (χ1v) is 20.5. The van der Waals surface area contributed by atoms with E-state index in [0.717, 1.165) is 88.9 Å². The van der Waals surface area contributed by atoms with E-state index in [9.17, 15) is 10.5 Å². The zero-order valence-corrected chi connectivity index (χ0v) is 33.6. The fourth-order valence-electron chi connectivity index (χ4n) is 8.10. The van der Waals surface area contributed by atoms with Crippen LogP contribution in [0.1, 0.15) is 11.1 Å². The molecule has 0 saturated carbocycles. The number of rotatable bonds is 8. The minimum Gasteiger partial charge on any atom is -0.227 e. The topological polar surface area (TPSA) is 73.4 Å². The molecule has 0 saturated heterocycles. The molecule has 10 aromatic rings. The number of nitriles is 2. The van der Waals surface area contributed by atoms with Gasteiger partial charge >= 0.3 is 0 Å². The maximum Gasteiger partial charge on any atom is 0.160 e. The summed E-state index contributed by atoms with van der Waals surface area (Å²) in [6, 6.07) is 79.4. The summed E-state index contributed by atoms with van der Waals surface area (Å²) in [6.45, 7) is 0. The van der Waals surface area contributed by atoms with Crippen LogP contribution in [-0.4, -0.2) is 9.97 Å². The van der Waals surface area contributed by atoms with Gasteiger partial charge in [0.1, 0.15) is 0 Å². The third-order valence-electron chi connectivity index (χ3n) is 11.4. The molecule has 0 bridgehead atoms. The van der Waals surface area contributed by atoms with Crippen LogP contribution < -0.4 is 0 Å². The van der Waals surface area contributed by atoms with Gasteiger partial charge in [-0.2, -0.15) is 10.5 Å². The first kappa shape index (κ1) is 37.6. The second-order valence-electron chi connectivity index (χ2n) is 15.2. The summed E-state index contributed by atoms with van der Waals surface area (Å²) in [4.78, 5) is 10.8. The molecule has 0 atom stereocenters. The van der Waals surface area contributed by atoms with Crippen molar-refractivity contribution in [2.24, 2.45) is 0 Å².